The molecule has 5 rings (SSSR count). The van der Waals surface area contributed by atoms with E-state index in [4.69, 9.17) is 4.74 Å². The minimum Gasteiger partial charge on any atom is -0.448 e. The monoisotopic (exact) mass is 455 g/mol. The van der Waals surface area contributed by atoms with E-state index in [2.05, 4.69) is 80.9 Å². The normalized spacial score (nSPS) is 14.3. The first kappa shape index (κ1) is 21.3. The molecule has 1 aliphatic rings. The van der Waals surface area contributed by atoms with Gasteiger partial charge >= 0.3 is 0 Å². The summed E-state index contributed by atoms with van der Waals surface area (Å²) in [5.74, 6) is 0.486. The van der Waals surface area contributed by atoms with Crippen LogP contribution < -0.4 is 15.0 Å². The van der Waals surface area contributed by atoms with Crippen LogP contribution in [-0.2, 0) is 6.54 Å². The Balaban J connectivity index is 1.44. The van der Waals surface area contributed by atoms with Gasteiger partial charge in [0.2, 0.25) is 11.0 Å². The lowest BCUT2D eigenvalue weighted by atomic mass is 10.1. The molecule has 1 unspecified atom stereocenters. The van der Waals surface area contributed by atoms with Crippen LogP contribution >= 0.6 is 11.8 Å². The number of anilines is 2. The number of thioether (sulfide) groups is 1. The third-order valence-electron chi connectivity index (χ3n) is 5.68. The quantitative estimate of drug-likeness (QED) is 0.369. The molecular weight excluding hydrogens is 430 g/mol. The molecular formula is C26H25N5OS. The van der Waals surface area contributed by atoms with Crippen LogP contribution in [0.2, 0.25) is 0 Å². The number of para-hydroxylation sites is 1. The maximum atomic E-state index is 6.34. The average Bonchev–Trinajstić information content (AvgIpc) is 3.04. The number of ether oxygens (including phenoxy) is 1. The maximum Gasteiger partial charge on any atom is 0.247 e. The van der Waals surface area contributed by atoms with E-state index in [1.54, 1.807) is 0 Å². The highest BCUT2D eigenvalue weighted by atomic mass is 32.2. The summed E-state index contributed by atoms with van der Waals surface area (Å²) in [5.41, 5.74) is 6.00. The molecule has 0 spiro atoms. The van der Waals surface area contributed by atoms with Crippen molar-refractivity contribution in [2.24, 2.45) is 0 Å². The van der Waals surface area contributed by atoms with Crippen molar-refractivity contribution in [3.8, 4) is 17.1 Å². The van der Waals surface area contributed by atoms with Gasteiger partial charge in [0.05, 0.1) is 0 Å². The Kier molecular flexibility index (Phi) is 6.13. The molecule has 6 nitrogen and oxygen atoms in total. The van der Waals surface area contributed by atoms with Crippen molar-refractivity contribution in [1.29, 1.82) is 0 Å². The maximum absolute atomic E-state index is 6.34. The SMILES string of the molecule is CCN(Cc1ccccc1)c1ccc(C2Nc3ccccc3-c3nnc(SC)nc3O2)cc1. The summed E-state index contributed by atoms with van der Waals surface area (Å²) in [6.45, 7) is 3.97. The number of hydrogen-bond acceptors (Lipinski definition) is 7. The van der Waals surface area contributed by atoms with E-state index < -0.39 is 6.23 Å². The fourth-order valence-corrected chi connectivity index (χ4v) is 4.23. The Morgan fingerprint density at radius 1 is 0.939 bits per heavy atom. The third kappa shape index (κ3) is 4.50. The van der Waals surface area contributed by atoms with E-state index in [9.17, 15) is 0 Å². The lowest BCUT2D eigenvalue weighted by Crippen LogP contribution is -2.22. The Morgan fingerprint density at radius 3 is 2.45 bits per heavy atom. The summed E-state index contributed by atoms with van der Waals surface area (Å²) in [7, 11) is 0. The molecule has 1 aliphatic heterocycles. The van der Waals surface area contributed by atoms with Gasteiger partial charge in [-0.2, -0.15) is 4.98 Å². The van der Waals surface area contributed by atoms with Crippen LogP contribution in [0.5, 0.6) is 5.88 Å². The predicted molar refractivity (Wildman–Crippen MR) is 134 cm³/mol. The zero-order valence-electron chi connectivity index (χ0n) is 18.6. The van der Waals surface area contributed by atoms with Crippen molar-refractivity contribution in [2.45, 2.75) is 24.9 Å². The van der Waals surface area contributed by atoms with Crippen LogP contribution in [-0.4, -0.2) is 28.0 Å². The summed E-state index contributed by atoms with van der Waals surface area (Å²) in [6, 6.07) is 27.1. The number of hydrogen-bond donors (Lipinski definition) is 1. The van der Waals surface area contributed by atoms with Gasteiger partial charge in [0, 0.05) is 35.6 Å². The zero-order valence-corrected chi connectivity index (χ0v) is 19.4. The van der Waals surface area contributed by atoms with E-state index >= 15 is 0 Å². The molecule has 7 heteroatoms. The Labute approximate surface area is 198 Å². The van der Waals surface area contributed by atoms with Crippen molar-refractivity contribution in [3.05, 3.63) is 90.0 Å². The molecule has 1 aromatic heterocycles. The van der Waals surface area contributed by atoms with Gasteiger partial charge in [-0.1, -0.05) is 72.4 Å². The van der Waals surface area contributed by atoms with Crippen molar-refractivity contribution < 1.29 is 4.74 Å². The lowest BCUT2D eigenvalue weighted by Gasteiger charge is -2.25. The summed E-state index contributed by atoms with van der Waals surface area (Å²) in [4.78, 5) is 6.95. The van der Waals surface area contributed by atoms with Crippen LogP contribution in [0.15, 0.2) is 84.0 Å². The first-order valence-electron chi connectivity index (χ1n) is 11.0. The van der Waals surface area contributed by atoms with Gasteiger partial charge in [0.15, 0.2) is 11.9 Å². The van der Waals surface area contributed by atoms with Gasteiger partial charge in [-0.05, 0) is 36.9 Å². The minimum absolute atomic E-state index is 0.392. The smallest absolute Gasteiger partial charge is 0.247 e. The molecule has 4 aromatic rings. The van der Waals surface area contributed by atoms with Gasteiger partial charge in [-0.15, -0.1) is 10.2 Å². The molecule has 0 fully saturated rings. The number of fused-ring (bicyclic) bond motifs is 3. The minimum atomic E-state index is -0.392. The van der Waals surface area contributed by atoms with Gasteiger partial charge in [-0.25, -0.2) is 0 Å². The summed E-state index contributed by atoms with van der Waals surface area (Å²) in [5, 5.41) is 12.7. The second kappa shape index (κ2) is 9.50. The average molecular weight is 456 g/mol. The van der Waals surface area contributed by atoms with Crippen LogP contribution in [0.1, 0.15) is 24.3 Å². The van der Waals surface area contributed by atoms with Crippen molar-refractivity contribution in [2.75, 3.05) is 23.0 Å². The topological polar surface area (TPSA) is 63.2 Å². The predicted octanol–water partition coefficient (Wildman–Crippen LogP) is 5.79. The van der Waals surface area contributed by atoms with Crippen LogP contribution in [0, 0.1) is 0 Å². The molecule has 0 bridgehead atoms. The number of rotatable bonds is 6. The molecule has 0 amide bonds. The molecule has 2 heterocycles. The second-order valence-electron chi connectivity index (χ2n) is 7.73. The molecule has 0 radical (unpaired) electrons. The lowest BCUT2D eigenvalue weighted by molar-refractivity contribution is 0.225. The molecule has 1 N–H and O–H groups in total. The van der Waals surface area contributed by atoms with Gasteiger partial charge < -0.3 is 15.0 Å². The fourth-order valence-electron chi connectivity index (χ4n) is 3.93. The van der Waals surface area contributed by atoms with E-state index in [0.717, 1.165) is 29.9 Å². The highest BCUT2D eigenvalue weighted by molar-refractivity contribution is 7.98. The number of benzene rings is 3. The molecule has 3 aromatic carbocycles. The highest BCUT2D eigenvalue weighted by Gasteiger charge is 2.26. The molecule has 33 heavy (non-hydrogen) atoms. The standard InChI is InChI=1S/C26H25N5OS/c1-3-31(17-18-9-5-4-6-10-18)20-15-13-19(14-16-20)24-27-22-12-8-7-11-21(22)23-25(32-24)28-26(33-2)30-29-23/h4-16,24,27H,3,17H2,1-2H3. The van der Waals surface area contributed by atoms with Crippen molar-refractivity contribution >= 4 is 23.1 Å². The number of nitrogens with one attached hydrogen (secondary N) is 1. The third-order valence-corrected chi connectivity index (χ3v) is 6.21. The molecule has 0 saturated heterocycles. The Bertz CT molecular complexity index is 1230. The molecule has 0 saturated carbocycles. The molecule has 1 atom stereocenters. The van der Waals surface area contributed by atoms with Crippen LogP contribution in [0.4, 0.5) is 11.4 Å². The summed E-state index contributed by atoms with van der Waals surface area (Å²) < 4.78 is 6.34. The van der Waals surface area contributed by atoms with Crippen molar-refractivity contribution in [3.63, 3.8) is 0 Å². The second-order valence-corrected chi connectivity index (χ2v) is 8.50. The van der Waals surface area contributed by atoms with E-state index in [0.29, 0.717) is 16.7 Å². The van der Waals surface area contributed by atoms with Crippen LogP contribution in [0.3, 0.4) is 0 Å². The number of aromatic nitrogens is 3. The highest BCUT2D eigenvalue weighted by Crippen LogP contribution is 2.39. The van der Waals surface area contributed by atoms with Crippen molar-refractivity contribution in [1.82, 2.24) is 15.2 Å². The first-order valence-corrected chi connectivity index (χ1v) is 12.2. The van der Waals surface area contributed by atoms with Gasteiger partial charge in [0.1, 0.15) is 0 Å². The summed E-state index contributed by atoms with van der Waals surface area (Å²) >= 11 is 1.44. The first-order chi connectivity index (χ1) is 16.2. The van der Waals surface area contributed by atoms with E-state index in [-0.39, 0.29) is 0 Å². The molecule has 0 aliphatic carbocycles. The fraction of sp³-hybridized carbons (Fsp3) is 0.192. The Morgan fingerprint density at radius 2 is 1.70 bits per heavy atom. The molecule has 166 valence electrons. The largest absolute Gasteiger partial charge is 0.448 e. The van der Waals surface area contributed by atoms with Gasteiger partial charge in [-0.3, -0.25) is 0 Å². The van der Waals surface area contributed by atoms with E-state index in [1.807, 2.05) is 36.6 Å². The van der Waals surface area contributed by atoms with Gasteiger partial charge in [0.25, 0.3) is 0 Å². The summed E-state index contributed by atoms with van der Waals surface area (Å²) in [6.07, 6.45) is 1.54. The van der Waals surface area contributed by atoms with E-state index in [1.165, 1.54) is 23.0 Å². The zero-order chi connectivity index (χ0) is 22.6. The number of nitrogens with zero attached hydrogens (tertiary/aromatic N) is 4. The van der Waals surface area contributed by atoms with Crippen LogP contribution in [0.25, 0.3) is 11.3 Å². The Hall–Kier alpha value is -3.58.